The molecule has 0 fully saturated rings. The number of aromatic nitrogens is 1. The van der Waals surface area contributed by atoms with Crippen molar-refractivity contribution in [2.24, 2.45) is 0 Å². The third kappa shape index (κ3) is 3.44. The third-order valence-corrected chi connectivity index (χ3v) is 2.96. The molecule has 4 nitrogen and oxygen atoms in total. The molecule has 0 saturated carbocycles. The van der Waals surface area contributed by atoms with Crippen LogP contribution in [-0.4, -0.2) is 17.4 Å². The van der Waals surface area contributed by atoms with Gasteiger partial charge in [0.1, 0.15) is 11.5 Å². The lowest BCUT2D eigenvalue weighted by Gasteiger charge is -2.04. The van der Waals surface area contributed by atoms with E-state index in [-0.39, 0.29) is 5.91 Å². The van der Waals surface area contributed by atoms with Crippen molar-refractivity contribution in [1.82, 2.24) is 10.3 Å². The van der Waals surface area contributed by atoms with Crippen molar-refractivity contribution in [3.63, 3.8) is 0 Å². The monoisotopic (exact) mass is 258 g/mol. The van der Waals surface area contributed by atoms with Crippen molar-refractivity contribution in [2.45, 2.75) is 27.2 Å². The SMILES string of the molecule is Cc1ccc(CCNC(=O)c2cc(C)oc2C)cn1. The molecule has 0 aromatic carbocycles. The second-order valence-corrected chi connectivity index (χ2v) is 4.64. The molecule has 2 aromatic heterocycles. The Labute approximate surface area is 112 Å². The van der Waals surface area contributed by atoms with E-state index in [1.807, 2.05) is 32.2 Å². The summed E-state index contributed by atoms with van der Waals surface area (Å²) in [7, 11) is 0. The fourth-order valence-corrected chi connectivity index (χ4v) is 1.92. The maximum absolute atomic E-state index is 11.9. The number of amides is 1. The van der Waals surface area contributed by atoms with Gasteiger partial charge in [0, 0.05) is 18.4 Å². The lowest BCUT2D eigenvalue weighted by Crippen LogP contribution is -2.25. The van der Waals surface area contributed by atoms with Crippen molar-refractivity contribution >= 4 is 5.91 Å². The van der Waals surface area contributed by atoms with Crippen molar-refractivity contribution in [2.75, 3.05) is 6.54 Å². The topological polar surface area (TPSA) is 55.1 Å². The lowest BCUT2D eigenvalue weighted by atomic mass is 10.2. The van der Waals surface area contributed by atoms with E-state index in [0.717, 1.165) is 23.4 Å². The van der Waals surface area contributed by atoms with Gasteiger partial charge in [-0.05, 0) is 44.9 Å². The molecule has 0 bridgehead atoms. The molecule has 0 radical (unpaired) electrons. The molecule has 0 spiro atoms. The first-order valence-corrected chi connectivity index (χ1v) is 6.33. The van der Waals surface area contributed by atoms with Gasteiger partial charge in [0.05, 0.1) is 5.56 Å². The molecule has 0 aliphatic carbocycles. The van der Waals surface area contributed by atoms with Crippen LogP contribution in [0.1, 0.15) is 33.1 Å². The molecule has 1 amide bonds. The average molecular weight is 258 g/mol. The molecule has 2 rings (SSSR count). The van der Waals surface area contributed by atoms with E-state index in [1.165, 1.54) is 0 Å². The Morgan fingerprint density at radius 3 is 2.68 bits per heavy atom. The predicted molar refractivity (Wildman–Crippen MR) is 73.2 cm³/mol. The van der Waals surface area contributed by atoms with Crippen LogP contribution in [-0.2, 0) is 6.42 Å². The van der Waals surface area contributed by atoms with Crippen LogP contribution in [0, 0.1) is 20.8 Å². The minimum Gasteiger partial charge on any atom is -0.466 e. The Morgan fingerprint density at radius 2 is 2.11 bits per heavy atom. The lowest BCUT2D eigenvalue weighted by molar-refractivity contribution is 0.0952. The quantitative estimate of drug-likeness (QED) is 0.917. The van der Waals surface area contributed by atoms with Crippen LogP contribution in [0.15, 0.2) is 28.8 Å². The highest BCUT2D eigenvalue weighted by molar-refractivity contribution is 5.95. The number of carbonyl (C=O) groups excluding carboxylic acids is 1. The Balaban J connectivity index is 1.87. The molecule has 0 atom stereocenters. The number of rotatable bonds is 4. The van der Waals surface area contributed by atoms with Crippen LogP contribution in [0.5, 0.6) is 0 Å². The van der Waals surface area contributed by atoms with Gasteiger partial charge in [-0.3, -0.25) is 9.78 Å². The van der Waals surface area contributed by atoms with E-state index < -0.39 is 0 Å². The van der Waals surface area contributed by atoms with Gasteiger partial charge in [-0.1, -0.05) is 6.07 Å². The summed E-state index contributed by atoms with van der Waals surface area (Å²) in [4.78, 5) is 16.2. The summed E-state index contributed by atoms with van der Waals surface area (Å²) in [5.74, 6) is 1.33. The van der Waals surface area contributed by atoms with E-state index in [4.69, 9.17) is 4.42 Å². The number of pyridine rings is 1. The minimum absolute atomic E-state index is 0.0885. The molecular formula is C15H18N2O2. The van der Waals surface area contributed by atoms with E-state index >= 15 is 0 Å². The molecule has 0 aliphatic rings. The predicted octanol–water partition coefficient (Wildman–Crippen LogP) is 2.57. The van der Waals surface area contributed by atoms with Crippen LogP contribution < -0.4 is 5.32 Å². The molecule has 2 aromatic rings. The van der Waals surface area contributed by atoms with E-state index in [9.17, 15) is 4.79 Å². The third-order valence-electron chi connectivity index (χ3n) is 2.96. The zero-order valence-corrected chi connectivity index (χ0v) is 11.5. The van der Waals surface area contributed by atoms with Crippen molar-refractivity contribution < 1.29 is 9.21 Å². The summed E-state index contributed by atoms with van der Waals surface area (Å²) in [5.41, 5.74) is 2.72. The number of furan rings is 1. The number of carbonyl (C=O) groups is 1. The normalized spacial score (nSPS) is 10.5. The Bertz CT molecular complexity index is 570. The van der Waals surface area contributed by atoms with Crippen LogP contribution in [0.3, 0.4) is 0 Å². The second kappa shape index (κ2) is 5.69. The standard InChI is InChI=1S/C15H18N2O2/c1-10-4-5-13(9-17-10)6-7-16-15(18)14-8-11(2)19-12(14)3/h4-5,8-9H,6-7H2,1-3H3,(H,16,18). The van der Waals surface area contributed by atoms with E-state index in [2.05, 4.69) is 10.3 Å². The molecule has 4 heteroatoms. The first-order valence-electron chi connectivity index (χ1n) is 6.33. The highest BCUT2D eigenvalue weighted by Crippen LogP contribution is 2.13. The first-order chi connectivity index (χ1) is 9.06. The number of hydrogen-bond donors (Lipinski definition) is 1. The zero-order valence-electron chi connectivity index (χ0n) is 11.5. The maximum Gasteiger partial charge on any atom is 0.254 e. The van der Waals surface area contributed by atoms with Crippen LogP contribution in [0.2, 0.25) is 0 Å². The van der Waals surface area contributed by atoms with Gasteiger partial charge in [0.25, 0.3) is 5.91 Å². The van der Waals surface area contributed by atoms with Gasteiger partial charge in [-0.2, -0.15) is 0 Å². The van der Waals surface area contributed by atoms with E-state index in [1.54, 1.807) is 13.0 Å². The molecule has 2 heterocycles. The summed E-state index contributed by atoms with van der Waals surface area (Å²) < 4.78 is 5.34. The highest BCUT2D eigenvalue weighted by atomic mass is 16.3. The number of aryl methyl sites for hydroxylation is 3. The molecule has 0 saturated heterocycles. The average Bonchev–Trinajstić information content (AvgIpc) is 2.71. The smallest absolute Gasteiger partial charge is 0.254 e. The fourth-order valence-electron chi connectivity index (χ4n) is 1.92. The zero-order chi connectivity index (χ0) is 13.8. The minimum atomic E-state index is -0.0885. The van der Waals surface area contributed by atoms with Crippen molar-refractivity contribution in [1.29, 1.82) is 0 Å². The van der Waals surface area contributed by atoms with Gasteiger partial charge >= 0.3 is 0 Å². The number of nitrogens with zero attached hydrogens (tertiary/aromatic N) is 1. The van der Waals surface area contributed by atoms with Crippen molar-refractivity contribution in [3.05, 3.63) is 52.7 Å². The summed E-state index contributed by atoms with van der Waals surface area (Å²) in [5, 5.41) is 2.89. The summed E-state index contributed by atoms with van der Waals surface area (Å²) in [6, 6.07) is 5.76. The maximum atomic E-state index is 11.9. The molecule has 1 N–H and O–H groups in total. The summed E-state index contributed by atoms with van der Waals surface area (Å²) >= 11 is 0. The largest absolute Gasteiger partial charge is 0.466 e. The van der Waals surface area contributed by atoms with Crippen molar-refractivity contribution in [3.8, 4) is 0 Å². The number of hydrogen-bond acceptors (Lipinski definition) is 3. The molecule has 0 aliphatic heterocycles. The molecule has 19 heavy (non-hydrogen) atoms. The van der Waals surface area contributed by atoms with Gasteiger partial charge in [-0.15, -0.1) is 0 Å². The molecule has 100 valence electrons. The summed E-state index contributed by atoms with van der Waals surface area (Å²) in [6.07, 6.45) is 2.61. The van der Waals surface area contributed by atoms with Gasteiger partial charge < -0.3 is 9.73 Å². The van der Waals surface area contributed by atoms with Crippen LogP contribution in [0.25, 0.3) is 0 Å². The van der Waals surface area contributed by atoms with E-state index in [0.29, 0.717) is 17.9 Å². The second-order valence-electron chi connectivity index (χ2n) is 4.64. The Hall–Kier alpha value is -2.10. The molecular weight excluding hydrogens is 240 g/mol. The van der Waals surface area contributed by atoms with Crippen LogP contribution >= 0.6 is 0 Å². The van der Waals surface area contributed by atoms with Gasteiger partial charge in [0.15, 0.2) is 0 Å². The Morgan fingerprint density at radius 1 is 1.32 bits per heavy atom. The fraction of sp³-hybridized carbons (Fsp3) is 0.333. The highest BCUT2D eigenvalue weighted by Gasteiger charge is 2.12. The van der Waals surface area contributed by atoms with Gasteiger partial charge in [0.2, 0.25) is 0 Å². The first kappa shape index (κ1) is 13.3. The number of nitrogens with one attached hydrogen (secondary N) is 1. The Kier molecular flexibility index (Phi) is 4.00. The van der Waals surface area contributed by atoms with Crippen LogP contribution in [0.4, 0.5) is 0 Å². The summed E-state index contributed by atoms with van der Waals surface area (Å²) in [6.45, 7) is 6.18. The molecule has 0 unspecified atom stereocenters. The van der Waals surface area contributed by atoms with Gasteiger partial charge in [-0.25, -0.2) is 0 Å².